The summed E-state index contributed by atoms with van der Waals surface area (Å²) in [5.41, 5.74) is 0.234. The molecule has 1 aromatic rings. The van der Waals surface area contributed by atoms with Crippen molar-refractivity contribution in [1.82, 2.24) is 5.32 Å². The Labute approximate surface area is 88.3 Å². The van der Waals surface area contributed by atoms with Gasteiger partial charge in [0.25, 0.3) is 0 Å². The van der Waals surface area contributed by atoms with Crippen molar-refractivity contribution in [2.75, 3.05) is 7.05 Å². The molecule has 0 saturated carbocycles. The van der Waals surface area contributed by atoms with Crippen molar-refractivity contribution >= 4 is 0 Å². The minimum atomic E-state index is -4.24. The number of hydrogen-bond acceptors (Lipinski definition) is 1. The first-order valence-electron chi connectivity index (χ1n) is 4.84. The molecule has 15 heavy (non-hydrogen) atoms. The third kappa shape index (κ3) is 4.34. The average molecular weight is 219 g/mol. The zero-order chi connectivity index (χ0) is 11.9. The first-order valence-corrected chi connectivity index (χ1v) is 4.84. The Morgan fingerprint density at radius 1 is 1.07 bits per heavy atom. The summed E-state index contributed by atoms with van der Waals surface area (Å²) in [6, 6.07) is 6.20. The summed E-state index contributed by atoms with van der Waals surface area (Å²) >= 11 is 0. The van der Waals surface area contributed by atoms with Crippen molar-refractivity contribution in [2.45, 2.75) is 26.1 Å². The van der Waals surface area contributed by atoms with Gasteiger partial charge in [0.15, 0.2) is 0 Å². The quantitative estimate of drug-likeness (QED) is 0.802. The lowest BCUT2D eigenvalue weighted by molar-refractivity contribution is -0.156. The molecule has 0 aromatic heterocycles. The van der Waals surface area contributed by atoms with Crippen LogP contribution in [0.25, 0.3) is 0 Å². The Balaban J connectivity index is 0.000000921. The van der Waals surface area contributed by atoms with Crippen LogP contribution in [0.3, 0.4) is 0 Å². The van der Waals surface area contributed by atoms with E-state index in [9.17, 15) is 13.2 Å². The Morgan fingerprint density at radius 2 is 1.53 bits per heavy atom. The summed E-state index contributed by atoms with van der Waals surface area (Å²) in [6.07, 6.45) is -4.24. The van der Waals surface area contributed by atoms with E-state index in [4.69, 9.17) is 0 Å². The molecule has 0 bridgehead atoms. The molecule has 4 heteroatoms. The highest BCUT2D eigenvalue weighted by atomic mass is 19.4. The van der Waals surface area contributed by atoms with E-state index >= 15 is 0 Å². The lowest BCUT2D eigenvalue weighted by Gasteiger charge is -2.19. The van der Waals surface area contributed by atoms with Crippen molar-refractivity contribution in [3.05, 3.63) is 35.9 Å². The van der Waals surface area contributed by atoms with Gasteiger partial charge in [-0.15, -0.1) is 0 Å². The van der Waals surface area contributed by atoms with Gasteiger partial charge >= 0.3 is 6.18 Å². The van der Waals surface area contributed by atoms with Crippen LogP contribution in [-0.2, 0) is 0 Å². The molecule has 1 atom stereocenters. The zero-order valence-electron chi connectivity index (χ0n) is 9.10. The molecule has 0 unspecified atom stereocenters. The third-order valence-corrected chi connectivity index (χ3v) is 1.75. The Kier molecular flexibility index (Phi) is 6.01. The molecular weight excluding hydrogens is 203 g/mol. The van der Waals surface area contributed by atoms with E-state index in [0.717, 1.165) is 0 Å². The molecule has 86 valence electrons. The topological polar surface area (TPSA) is 12.0 Å². The van der Waals surface area contributed by atoms with Crippen LogP contribution in [0.2, 0.25) is 0 Å². The predicted molar refractivity (Wildman–Crippen MR) is 55.6 cm³/mol. The lowest BCUT2D eigenvalue weighted by Crippen LogP contribution is -2.31. The van der Waals surface area contributed by atoms with Gasteiger partial charge in [0.2, 0.25) is 0 Å². The van der Waals surface area contributed by atoms with Crippen LogP contribution in [0, 0.1) is 0 Å². The maximum Gasteiger partial charge on any atom is 0.407 e. The fourth-order valence-corrected chi connectivity index (χ4v) is 1.16. The fourth-order valence-electron chi connectivity index (χ4n) is 1.16. The molecule has 0 fully saturated rings. The van der Waals surface area contributed by atoms with Gasteiger partial charge in [-0.3, -0.25) is 0 Å². The Morgan fingerprint density at radius 3 is 1.87 bits per heavy atom. The van der Waals surface area contributed by atoms with E-state index in [1.807, 2.05) is 13.8 Å². The van der Waals surface area contributed by atoms with Crippen LogP contribution in [0.15, 0.2) is 30.3 Å². The van der Waals surface area contributed by atoms with Crippen LogP contribution in [0.1, 0.15) is 25.5 Å². The molecule has 0 radical (unpaired) electrons. The molecule has 1 N–H and O–H groups in total. The van der Waals surface area contributed by atoms with E-state index in [0.29, 0.717) is 0 Å². The molecule has 0 aliphatic rings. The Bertz CT molecular complexity index is 256. The van der Waals surface area contributed by atoms with Gasteiger partial charge in [0, 0.05) is 0 Å². The fraction of sp³-hybridized carbons (Fsp3) is 0.455. The number of halogens is 3. The molecular formula is C11H16F3N. The van der Waals surface area contributed by atoms with Crippen LogP contribution in [0.4, 0.5) is 13.2 Å². The van der Waals surface area contributed by atoms with E-state index in [2.05, 4.69) is 5.32 Å². The Hall–Kier alpha value is -1.03. The minimum Gasteiger partial charge on any atom is -0.306 e. The summed E-state index contributed by atoms with van der Waals surface area (Å²) in [4.78, 5) is 0. The van der Waals surface area contributed by atoms with Gasteiger partial charge in [0.05, 0.1) is 0 Å². The van der Waals surface area contributed by atoms with Crippen molar-refractivity contribution < 1.29 is 13.2 Å². The van der Waals surface area contributed by atoms with Gasteiger partial charge in [-0.1, -0.05) is 44.2 Å². The van der Waals surface area contributed by atoms with E-state index < -0.39 is 12.2 Å². The van der Waals surface area contributed by atoms with Crippen molar-refractivity contribution in [1.29, 1.82) is 0 Å². The molecule has 0 aliphatic heterocycles. The smallest absolute Gasteiger partial charge is 0.306 e. The van der Waals surface area contributed by atoms with Crippen LogP contribution >= 0.6 is 0 Å². The number of alkyl halides is 3. The van der Waals surface area contributed by atoms with Crippen molar-refractivity contribution in [3.8, 4) is 0 Å². The van der Waals surface area contributed by atoms with Crippen molar-refractivity contribution in [3.63, 3.8) is 0 Å². The molecule has 0 heterocycles. The third-order valence-electron chi connectivity index (χ3n) is 1.75. The van der Waals surface area contributed by atoms with Crippen LogP contribution < -0.4 is 5.32 Å². The molecule has 0 aliphatic carbocycles. The highest BCUT2D eigenvalue weighted by Crippen LogP contribution is 2.31. The summed E-state index contributed by atoms with van der Waals surface area (Å²) in [6.45, 7) is 4.00. The predicted octanol–water partition coefficient (Wildman–Crippen LogP) is 3.54. The number of hydrogen-bond donors (Lipinski definition) is 1. The summed E-state index contributed by atoms with van der Waals surface area (Å²) in [5, 5.41) is 2.23. The second-order valence-corrected chi connectivity index (χ2v) is 2.67. The first-order chi connectivity index (χ1) is 7.05. The summed E-state index contributed by atoms with van der Waals surface area (Å²) in [7, 11) is 1.30. The lowest BCUT2D eigenvalue weighted by atomic mass is 10.1. The number of benzene rings is 1. The standard InChI is InChI=1S/C9H10F3N.C2H6/c1-13-8(9(10,11)12)7-5-3-2-4-6-7;1-2/h2-6,8,13H,1H3;1-2H3/t8-;/m0./s1. The van der Waals surface area contributed by atoms with Gasteiger partial charge in [-0.05, 0) is 12.6 Å². The normalized spacial score (nSPS) is 12.7. The van der Waals surface area contributed by atoms with Gasteiger partial charge in [0.1, 0.15) is 6.04 Å². The molecule has 1 aromatic carbocycles. The summed E-state index contributed by atoms with van der Waals surface area (Å²) in [5.74, 6) is 0. The number of nitrogens with one attached hydrogen (secondary N) is 1. The maximum absolute atomic E-state index is 12.3. The number of rotatable bonds is 2. The monoisotopic (exact) mass is 219 g/mol. The maximum atomic E-state index is 12.3. The second kappa shape index (κ2) is 6.45. The van der Waals surface area contributed by atoms with Crippen LogP contribution in [0.5, 0.6) is 0 Å². The van der Waals surface area contributed by atoms with Crippen LogP contribution in [-0.4, -0.2) is 13.2 Å². The van der Waals surface area contributed by atoms with E-state index in [1.165, 1.54) is 19.2 Å². The first kappa shape index (κ1) is 14.0. The largest absolute Gasteiger partial charge is 0.407 e. The van der Waals surface area contributed by atoms with Crippen molar-refractivity contribution in [2.24, 2.45) is 0 Å². The van der Waals surface area contributed by atoms with Gasteiger partial charge in [-0.2, -0.15) is 13.2 Å². The summed E-state index contributed by atoms with van der Waals surface area (Å²) < 4.78 is 37.0. The molecule has 0 saturated heterocycles. The molecule has 0 amide bonds. The SMILES string of the molecule is CC.CN[C@@H](c1ccccc1)C(F)(F)F. The minimum absolute atomic E-state index is 0.234. The van der Waals surface area contributed by atoms with Gasteiger partial charge in [-0.25, -0.2) is 0 Å². The highest BCUT2D eigenvalue weighted by Gasteiger charge is 2.39. The second-order valence-electron chi connectivity index (χ2n) is 2.67. The average Bonchev–Trinajstić information content (AvgIpc) is 2.21. The zero-order valence-corrected chi connectivity index (χ0v) is 9.10. The van der Waals surface area contributed by atoms with E-state index in [1.54, 1.807) is 18.2 Å². The van der Waals surface area contributed by atoms with E-state index in [-0.39, 0.29) is 5.56 Å². The highest BCUT2D eigenvalue weighted by molar-refractivity contribution is 5.20. The van der Waals surface area contributed by atoms with Gasteiger partial charge < -0.3 is 5.32 Å². The molecule has 1 rings (SSSR count). The molecule has 1 nitrogen and oxygen atoms in total. The molecule has 0 spiro atoms.